The summed E-state index contributed by atoms with van der Waals surface area (Å²) in [7, 11) is -1.83. The van der Waals surface area contributed by atoms with Gasteiger partial charge in [-0.2, -0.15) is 0 Å². The van der Waals surface area contributed by atoms with E-state index in [4.69, 9.17) is 0 Å². The van der Waals surface area contributed by atoms with Crippen molar-refractivity contribution in [2.24, 2.45) is 5.41 Å². The maximum atomic E-state index is 10.6. The molecule has 10 heavy (non-hydrogen) atoms. The van der Waals surface area contributed by atoms with Crippen LogP contribution in [0.25, 0.3) is 0 Å². The van der Waals surface area contributed by atoms with Gasteiger partial charge in [0.1, 0.15) is 0 Å². The maximum absolute atomic E-state index is 10.6. The van der Waals surface area contributed by atoms with Gasteiger partial charge in [0.05, 0.1) is 0 Å². The molecule has 0 aromatic rings. The Labute approximate surface area is 66.7 Å². The Kier molecular flexibility index (Phi) is 3.23. The minimum Gasteiger partial charge on any atom is -0.218 e. The first-order chi connectivity index (χ1) is 4.21. The zero-order valence-corrected chi connectivity index (χ0v) is 8.47. The van der Waals surface area contributed by atoms with Crippen molar-refractivity contribution in [1.29, 1.82) is 0 Å². The molecular weight excluding hydrogens is 168 g/mol. The normalized spacial score (nSPS) is 13.6. The van der Waals surface area contributed by atoms with Crippen LogP contribution in [0.1, 0.15) is 20.8 Å². The Morgan fingerprint density at radius 3 is 1.80 bits per heavy atom. The van der Waals surface area contributed by atoms with Crippen molar-refractivity contribution >= 4 is 19.7 Å². The van der Waals surface area contributed by atoms with Gasteiger partial charge in [0.25, 0.3) is 0 Å². The quantitative estimate of drug-likeness (QED) is 0.610. The van der Waals surface area contributed by atoms with Crippen LogP contribution in [0.5, 0.6) is 0 Å². The van der Waals surface area contributed by atoms with Crippen LogP contribution in [0.3, 0.4) is 0 Å². The van der Waals surface area contributed by atoms with E-state index in [1.165, 1.54) is 6.26 Å². The molecule has 0 aromatic carbocycles. The molecule has 0 rings (SSSR count). The highest BCUT2D eigenvalue weighted by molar-refractivity contribution is 8.71. The highest BCUT2D eigenvalue weighted by Crippen LogP contribution is 2.23. The lowest BCUT2D eigenvalue weighted by Crippen LogP contribution is -2.10. The van der Waals surface area contributed by atoms with E-state index in [0.29, 0.717) is 5.75 Å². The predicted molar refractivity (Wildman–Crippen MR) is 46.8 cm³/mol. The molecule has 0 saturated carbocycles. The Balaban J connectivity index is 3.79. The molecule has 0 atom stereocenters. The molecule has 4 heteroatoms. The molecule has 62 valence electrons. The van der Waals surface area contributed by atoms with E-state index in [9.17, 15) is 8.42 Å². The molecule has 0 amide bonds. The fourth-order valence-corrected chi connectivity index (χ4v) is 2.55. The van der Waals surface area contributed by atoms with Crippen molar-refractivity contribution in [3.05, 3.63) is 0 Å². The molecule has 0 fully saturated rings. The number of hydrogen-bond donors (Lipinski definition) is 0. The van der Waals surface area contributed by atoms with Crippen molar-refractivity contribution in [3.63, 3.8) is 0 Å². The van der Waals surface area contributed by atoms with Gasteiger partial charge < -0.3 is 0 Å². The Morgan fingerprint density at radius 2 is 1.70 bits per heavy atom. The Hall–Kier alpha value is 0.300. The molecule has 0 unspecified atom stereocenters. The minimum absolute atomic E-state index is 0.0910. The average molecular weight is 182 g/mol. The largest absolute Gasteiger partial charge is 0.218 e. The van der Waals surface area contributed by atoms with Crippen molar-refractivity contribution in [2.45, 2.75) is 20.8 Å². The van der Waals surface area contributed by atoms with Crippen molar-refractivity contribution < 1.29 is 8.42 Å². The van der Waals surface area contributed by atoms with Gasteiger partial charge in [-0.25, -0.2) is 8.42 Å². The van der Waals surface area contributed by atoms with E-state index in [-0.39, 0.29) is 5.41 Å². The molecule has 0 aliphatic heterocycles. The zero-order chi connectivity index (χ0) is 8.41. The van der Waals surface area contributed by atoms with Gasteiger partial charge in [0.2, 0.25) is 0 Å². The lowest BCUT2D eigenvalue weighted by atomic mass is 10.0. The van der Waals surface area contributed by atoms with Gasteiger partial charge in [-0.1, -0.05) is 20.8 Å². The van der Waals surface area contributed by atoms with Crippen molar-refractivity contribution in [2.75, 3.05) is 12.0 Å². The maximum Gasteiger partial charge on any atom is 0.198 e. The van der Waals surface area contributed by atoms with E-state index in [2.05, 4.69) is 0 Å². The third-order valence-corrected chi connectivity index (χ3v) is 3.76. The number of hydrogen-bond acceptors (Lipinski definition) is 3. The molecule has 0 aliphatic carbocycles. The van der Waals surface area contributed by atoms with Crippen LogP contribution < -0.4 is 0 Å². The van der Waals surface area contributed by atoms with Crippen LogP contribution in [0.2, 0.25) is 0 Å². The van der Waals surface area contributed by atoms with Crippen LogP contribution in [0.4, 0.5) is 0 Å². The highest BCUT2D eigenvalue weighted by atomic mass is 33.1. The molecule has 0 spiro atoms. The van der Waals surface area contributed by atoms with E-state index >= 15 is 0 Å². The van der Waals surface area contributed by atoms with Gasteiger partial charge in [-0.05, 0) is 16.2 Å². The summed E-state index contributed by atoms with van der Waals surface area (Å²) in [5.74, 6) is 0.659. The van der Waals surface area contributed by atoms with Crippen LogP contribution in [-0.4, -0.2) is 20.4 Å². The van der Waals surface area contributed by atoms with Crippen LogP contribution >= 0.6 is 10.8 Å². The molecule has 0 aromatic heterocycles. The standard InChI is InChI=1S/C6H14O2S2/c1-6(2,3)5-9-10(4,7)8/h5H2,1-4H3. The molecule has 0 radical (unpaired) electrons. The topological polar surface area (TPSA) is 34.1 Å². The lowest BCUT2D eigenvalue weighted by molar-refractivity contribution is 0.481. The summed E-state index contributed by atoms with van der Waals surface area (Å²) in [5.41, 5.74) is 0.0910. The summed E-state index contributed by atoms with van der Waals surface area (Å²) in [6.07, 6.45) is 1.24. The summed E-state index contributed by atoms with van der Waals surface area (Å²) in [6, 6.07) is 0. The molecule has 0 aliphatic rings. The SMILES string of the molecule is CC(C)(C)CSS(C)(=O)=O. The van der Waals surface area contributed by atoms with Crippen LogP contribution in [0.15, 0.2) is 0 Å². The van der Waals surface area contributed by atoms with E-state index < -0.39 is 8.87 Å². The van der Waals surface area contributed by atoms with Gasteiger partial charge in [-0.15, -0.1) is 0 Å². The lowest BCUT2D eigenvalue weighted by Gasteiger charge is -2.15. The molecule has 2 nitrogen and oxygen atoms in total. The molecule has 0 bridgehead atoms. The molecule has 0 saturated heterocycles. The first-order valence-electron chi connectivity index (χ1n) is 3.05. The second-order valence-corrected chi connectivity index (χ2v) is 7.98. The highest BCUT2D eigenvalue weighted by Gasteiger charge is 2.13. The second kappa shape index (κ2) is 3.13. The summed E-state index contributed by atoms with van der Waals surface area (Å²) in [6.45, 7) is 6.06. The van der Waals surface area contributed by atoms with Gasteiger partial charge in [0.15, 0.2) is 8.87 Å². The number of rotatable bonds is 2. The summed E-state index contributed by atoms with van der Waals surface area (Å²) in [4.78, 5) is 0. The smallest absolute Gasteiger partial charge is 0.198 e. The molecule has 0 N–H and O–H groups in total. The third-order valence-electron chi connectivity index (χ3n) is 0.706. The Morgan fingerprint density at radius 1 is 1.30 bits per heavy atom. The average Bonchev–Trinajstić information content (AvgIpc) is 1.57. The molecule has 0 heterocycles. The fraction of sp³-hybridized carbons (Fsp3) is 1.00. The van der Waals surface area contributed by atoms with E-state index in [1.807, 2.05) is 20.8 Å². The van der Waals surface area contributed by atoms with Gasteiger partial charge in [-0.3, -0.25) is 0 Å². The van der Waals surface area contributed by atoms with Crippen LogP contribution in [0, 0.1) is 5.41 Å². The summed E-state index contributed by atoms with van der Waals surface area (Å²) < 4.78 is 21.3. The van der Waals surface area contributed by atoms with Crippen molar-refractivity contribution in [1.82, 2.24) is 0 Å². The second-order valence-electron chi connectivity index (χ2n) is 3.53. The zero-order valence-electron chi connectivity index (χ0n) is 6.84. The molecular formula is C6H14O2S2. The summed E-state index contributed by atoms with van der Waals surface area (Å²) >= 11 is 0. The van der Waals surface area contributed by atoms with Gasteiger partial charge >= 0.3 is 0 Å². The Bertz CT molecular complexity index is 186. The first-order valence-corrected chi connectivity index (χ1v) is 6.44. The first kappa shape index (κ1) is 10.3. The fourth-order valence-electron chi connectivity index (χ4n) is 0.284. The predicted octanol–water partition coefficient (Wildman–Crippen LogP) is 1.73. The summed E-state index contributed by atoms with van der Waals surface area (Å²) in [5, 5.41) is 0. The monoisotopic (exact) mass is 182 g/mol. The van der Waals surface area contributed by atoms with Crippen molar-refractivity contribution in [3.8, 4) is 0 Å². The van der Waals surface area contributed by atoms with Gasteiger partial charge in [0, 0.05) is 12.0 Å². The van der Waals surface area contributed by atoms with E-state index in [0.717, 1.165) is 10.8 Å². The third kappa shape index (κ3) is 8.30. The van der Waals surface area contributed by atoms with E-state index in [1.54, 1.807) is 0 Å². The van der Waals surface area contributed by atoms with Crippen LogP contribution in [-0.2, 0) is 8.87 Å². The minimum atomic E-state index is -2.84.